The Bertz CT molecular complexity index is 940. The molecule has 1 saturated heterocycles. The number of amides is 2. The minimum Gasteiger partial charge on any atom is -0.339 e. The van der Waals surface area contributed by atoms with Crippen LogP contribution < -0.4 is 10.9 Å². The molecule has 2 amide bonds. The fourth-order valence-electron chi connectivity index (χ4n) is 2.96. The number of hydrogen-bond acceptors (Lipinski definition) is 3. The number of benzene rings is 1. The molecule has 1 fully saturated rings. The van der Waals surface area contributed by atoms with Crippen molar-refractivity contribution in [2.75, 3.05) is 18.4 Å². The summed E-state index contributed by atoms with van der Waals surface area (Å²) in [5.41, 5.74) is -0.466. The van der Waals surface area contributed by atoms with Crippen molar-refractivity contribution in [1.82, 2.24) is 9.88 Å². The lowest BCUT2D eigenvalue weighted by molar-refractivity contribution is -0.121. The first kappa shape index (κ1) is 19.2. The lowest BCUT2D eigenvalue weighted by atomic mass is 9.95. The number of rotatable bonds is 3. The van der Waals surface area contributed by atoms with Crippen molar-refractivity contribution in [1.29, 1.82) is 0 Å². The SMILES string of the molecule is O=C(Nc1cc(Br)c[nH]c1=O)C1CCN(C(=O)c2ccc(F)cc2F)CC1. The van der Waals surface area contributed by atoms with Crippen LogP contribution in [0.3, 0.4) is 0 Å². The van der Waals surface area contributed by atoms with Gasteiger partial charge in [0.1, 0.15) is 17.3 Å². The van der Waals surface area contributed by atoms with Crippen molar-refractivity contribution >= 4 is 33.4 Å². The van der Waals surface area contributed by atoms with Crippen molar-refractivity contribution in [3.05, 3.63) is 62.5 Å². The zero-order valence-electron chi connectivity index (χ0n) is 14.1. The van der Waals surface area contributed by atoms with Gasteiger partial charge in [-0.05, 0) is 47.0 Å². The number of aromatic amines is 1. The van der Waals surface area contributed by atoms with Crippen LogP contribution in [-0.4, -0.2) is 34.8 Å². The minimum absolute atomic E-state index is 0.140. The Morgan fingerprint density at radius 2 is 1.89 bits per heavy atom. The summed E-state index contributed by atoms with van der Waals surface area (Å²) in [5.74, 6) is -2.87. The summed E-state index contributed by atoms with van der Waals surface area (Å²) < 4.78 is 27.4. The molecule has 1 aromatic heterocycles. The van der Waals surface area contributed by atoms with E-state index in [2.05, 4.69) is 26.2 Å². The topological polar surface area (TPSA) is 82.3 Å². The molecule has 2 heterocycles. The van der Waals surface area contributed by atoms with Crippen LogP contribution in [0.25, 0.3) is 0 Å². The van der Waals surface area contributed by atoms with Crippen LogP contribution in [0.1, 0.15) is 23.2 Å². The molecule has 0 spiro atoms. The molecule has 2 aromatic rings. The number of pyridine rings is 1. The van der Waals surface area contributed by atoms with E-state index in [0.29, 0.717) is 23.4 Å². The summed E-state index contributed by atoms with van der Waals surface area (Å²) in [6.45, 7) is 0.533. The fraction of sp³-hybridized carbons (Fsp3) is 0.278. The van der Waals surface area contributed by atoms with E-state index in [1.54, 1.807) is 0 Å². The molecule has 2 N–H and O–H groups in total. The molecule has 9 heteroatoms. The first-order chi connectivity index (χ1) is 12.8. The lowest BCUT2D eigenvalue weighted by Gasteiger charge is -2.31. The van der Waals surface area contributed by atoms with Crippen LogP contribution in [0.5, 0.6) is 0 Å². The molecule has 27 heavy (non-hydrogen) atoms. The highest BCUT2D eigenvalue weighted by atomic mass is 79.9. The standard InChI is InChI=1S/C18H16BrF2N3O3/c19-11-7-15(17(26)22-9-11)23-16(25)10-3-5-24(6-4-10)18(27)13-2-1-12(20)8-14(13)21/h1-2,7-10H,3-6H2,(H,22,26)(H,23,25). The third-order valence-corrected chi connectivity index (χ3v) is 4.90. The summed E-state index contributed by atoms with van der Waals surface area (Å²) in [6.07, 6.45) is 2.23. The molecule has 6 nitrogen and oxygen atoms in total. The molecule has 1 aromatic carbocycles. The van der Waals surface area contributed by atoms with Crippen LogP contribution >= 0.6 is 15.9 Å². The van der Waals surface area contributed by atoms with Gasteiger partial charge in [-0.25, -0.2) is 8.78 Å². The van der Waals surface area contributed by atoms with E-state index in [1.165, 1.54) is 17.2 Å². The molecule has 0 aliphatic carbocycles. The van der Waals surface area contributed by atoms with Crippen LogP contribution in [-0.2, 0) is 4.79 Å². The summed E-state index contributed by atoms with van der Waals surface area (Å²) in [5, 5.41) is 2.59. The van der Waals surface area contributed by atoms with Crippen molar-refractivity contribution in [3.8, 4) is 0 Å². The summed E-state index contributed by atoms with van der Waals surface area (Å²) >= 11 is 3.22. The molecule has 1 aliphatic rings. The van der Waals surface area contributed by atoms with Crippen molar-refractivity contribution in [3.63, 3.8) is 0 Å². The van der Waals surface area contributed by atoms with E-state index >= 15 is 0 Å². The Labute approximate surface area is 161 Å². The molecule has 1 aliphatic heterocycles. The van der Waals surface area contributed by atoms with Crippen molar-refractivity contribution in [2.24, 2.45) is 5.92 Å². The predicted octanol–water partition coefficient (Wildman–Crippen LogP) is 2.91. The highest BCUT2D eigenvalue weighted by Gasteiger charge is 2.29. The number of piperidine rings is 1. The average molecular weight is 440 g/mol. The van der Waals surface area contributed by atoms with Crippen LogP contribution in [0.15, 0.2) is 39.7 Å². The van der Waals surface area contributed by atoms with E-state index in [-0.39, 0.29) is 36.2 Å². The van der Waals surface area contributed by atoms with Gasteiger partial charge in [-0.1, -0.05) is 0 Å². The lowest BCUT2D eigenvalue weighted by Crippen LogP contribution is -2.42. The molecule has 0 atom stereocenters. The van der Waals surface area contributed by atoms with E-state index in [9.17, 15) is 23.2 Å². The summed E-state index contributed by atoms with van der Waals surface area (Å²) in [4.78, 5) is 40.4. The number of nitrogens with one attached hydrogen (secondary N) is 2. The number of halogens is 3. The number of likely N-dealkylation sites (tertiary alicyclic amines) is 1. The molecule has 0 saturated carbocycles. The van der Waals surface area contributed by atoms with E-state index in [1.807, 2.05) is 0 Å². The Kier molecular flexibility index (Phi) is 5.69. The van der Waals surface area contributed by atoms with E-state index < -0.39 is 23.1 Å². The number of carbonyl (C=O) groups excluding carboxylic acids is 2. The van der Waals surface area contributed by atoms with Gasteiger partial charge in [-0.3, -0.25) is 14.4 Å². The maximum absolute atomic E-state index is 13.8. The molecular formula is C18H16BrF2N3O3. The molecule has 142 valence electrons. The maximum atomic E-state index is 13.8. The van der Waals surface area contributed by atoms with Crippen LogP contribution in [0, 0.1) is 17.6 Å². The zero-order valence-corrected chi connectivity index (χ0v) is 15.7. The van der Waals surface area contributed by atoms with Crippen LogP contribution in [0.4, 0.5) is 14.5 Å². The summed E-state index contributed by atoms with van der Waals surface area (Å²) in [7, 11) is 0. The third kappa shape index (κ3) is 4.41. The number of nitrogens with zero attached hydrogens (tertiary/aromatic N) is 1. The van der Waals surface area contributed by atoms with Gasteiger partial charge in [0.15, 0.2) is 0 Å². The molecule has 0 unspecified atom stereocenters. The molecular weight excluding hydrogens is 424 g/mol. The molecule has 3 rings (SSSR count). The largest absolute Gasteiger partial charge is 0.339 e. The van der Waals surface area contributed by atoms with Crippen LogP contribution in [0.2, 0.25) is 0 Å². The van der Waals surface area contributed by atoms with Crippen molar-refractivity contribution in [2.45, 2.75) is 12.8 Å². The predicted molar refractivity (Wildman–Crippen MR) is 98.4 cm³/mol. The Morgan fingerprint density at radius 1 is 1.19 bits per heavy atom. The van der Waals surface area contributed by atoms with Gasteiger partial charge in [0.05, 0.1) is 5.56 Å². The minimum atomic E-state index is -0.909. The third-order valence-electron chi connectivity index (χ3n) is 4.44. The maximum Gasteiger partial charge on any atom is 0.271 e. The van der Waals surface area contributed by atoms with Gasteiger partial charge in [-0.2, -0.15) is 0 Å². The molecule has 0 radical (unpaired) electrons. The van der Waals surface area contributed by atoms with Gasteiger partial charge < -0.3 is 15.2 Å². The number of anilines is 1. The Balaban J connectivity index is 1.61. The first-order valence-electron chi connectivity index (χ1n) is 8.28. The normalized spacial score (nSPS) is 14.9. The zero-order chi connectivity index (χ0) is 19.6. The van der Waals surface area contributed by atoms with Gasteiger partial charge in [-0.15, -0.1) is 0 Å². The van der Waals surface area contributed by atoms with Gasteiger partial charge in [0, 0.05) is 35.7 Å². The smallest absolute Gasteiger partial charge is 0.271 e. The number of aromatic nitrogens is 1. The Hall–Kier alpha value is -2.55. The summed E-state index contributed by atoms with van der Waals surface area (Å²) in [6, 6.07) is 4.33. The quantitative estimate of drug-likeness (QED) is 0.771. The Morgan fingerprint density at radius 3 is 2.56 bits per heavy atom. The second kappa shape index (κ2) is 7.99. The highest BCUT2D eigenvalue weighted by Crippen LogP contribution is 2.22. The number of H-pyrrole nitrogens is 1. The van der Waals surface area contributed by atoms with Crippen molar-refractivity contribution < 1.29 is 18.4 Å². The molecule has 0 bridgehead atoms. The van der Waals surface area contributed by atoms with E-state index in [0.717, 1.165) is 12.1 Å². The highest BCUT2D eigenvalue weighted by molar-refractivity contribution is 9.10. The first-order valence-corrected chi connectivity index (χ1v) is 9.08. The number of hydrogen-bond donors (Lipinski definition) is 2. The van der Waals surface area contributed by atoms with Gasteiger partial charge in [0.25, 0.3) is 11.5 Å². The average Bonchev–Trinajstić information content (AvgIpc) is 2.64. The number of carbonyl (C=O) groups is 2. The monoisotopic (exact) mass is 439 g/mol. The van der Waals surface area contributed by atoms with Gasteiger partial charge >= 0.3 is 0 Å². The second-order valence-corrected chi connectivity index (χ2v) is 7.16. The van der Waals surface area contributed by atoms with Gasteiger partial charge in [0.2, 0.25) is 5.91 Å². The van der Waals surface area contributed by atoms with E-state index in [4.69, 9.17) is 0 Å². The second-order valence-electron chi connectivity index (χ2n) is 6.24. The fourth-order valence-corrected chi connectivity index (χ4v) is 3.31.